The van der Waals surface area contributed by atoms with E-state index in [9.17, 15) is 13.2 Å². The summed E-state index contributed by atoms with van der Waals surface area (Å²) in [6.07, 6.45) is 8.60. The molecule has 5 heteroatoms. The molecule has 0 fully saturated rings. The lowest BCUT2D eigenvalue weighted by molar-refractivity contribution is 0.572. The maximum absolute atomic E-state index is 14.1. The van der Waals surface area contributed by atoms with Gasteiger partial charge < -0.3 is 0 Å². The first-order valence-electron chi connectivity index (χ1n) is 8.90. The molecule has 2 aromatic rings. The molecule has 0 N–H and O–H groups in total. The maximum Gasteiger partial charge on any atom is 0.135 e. The van der Waals surface area contributed by atoms with Crippen LogP contribution in [0.1, 0.15) is 55.7 Å². The Labute approximate surface area is 152 Å². The van der Waals surface area contributed by atoms with Crippen LogP contribution in [0.4, 0.5) is 13.2 Å². The first-order valence-corrected chi connectivity index (χ1v) is 8.90. The number of hydrogen-bond acceptors (Lipinski definition) is 2. The number of hydrogen-bond donors (Lipinski definition) is 0. The zero-order valence-electron chi connectivity index (χ0n) is 14.9. The third-order valence-corrected chi connectivity index (χ3v) is 4.04. The molecule has 0 aliphatic rings. The second-order valence-electron chi connectivity index (χ2n) is 6.18. The SMILES string of the molecule is CCCCCCCc1cc(F)c(/C=N/N=C/c2ccc(F)cc2)c(F)c1. The van der Waals surface area contributed by atoms with E-state index in [1.54, 1.807) is 0 Å². The number of rotatable bonds is 9. The molecule has 2 aromatic carbocycles. The largest absolute Gasteiger partial charge is 0.207 e. The molecule has 0 saturated heterocycles. The molecule has 0 saturated carbocycles. The molecule has 0 spiro atoms. The van der Waals surface area contributed by atoms with Crippen LogP contribution < -0.4 is 0 Å². The molecule has 0 bridgehead atoms. The molecule has 2 rings (SSSR count). The molecular formula is C21H23F3N2. The van der Waals surface area contributed by atoms with E-state index in [2.05, 4.69) is 17.1 Å². The summed E-state index contributed by atoms with van der Waals surface area (Å²) in [6, 6.07) is 8.37. The summed E-state index contributed by atoms with van der Waals surface area (Å²) in [7, 11) is 0. The normalized spacial score (nSPS) is 11.7. The Bertz CT molecular complexity index is 729. The second-order valence-corrected chi connectivity index (χ2v) is 6.18. The third kappa shape index (κ3) is 6.47. The van der Waals surface area contributed by atoms with Crippen molar-refractivity contribution in [1.29, 1.82) is 0 Å². The van der Waals surface area contributed by atoms with Gasteiger partial charge in [-0.05, 0) is 48.2 Å². The van der Waals surface area contributed by atoms with Crippen molar-refractivity contribution < 1.29 is 13.2 Å². The Kier molecular flexibility index (Phi) is 8.06. The number of unbranched alkanes of at least 4 members (excludes halogenated alkanes) is 4. The molecular weight excluding hydrogens is 337 g/mol. The highest BCUT2D eigenvalue weighted by Gasteiger charge is 2.09. The minimum absolute atomic E-state index is 0.212. The van der Waals surface area contributed by atoms with Crippen molar-refractivity contribution in [2.45, 2.75) is 45.4 Å². The van der Waals surface area contributed by atoms with Gasteiger partial charge >= 0.3 is 0 Å². The Morgan fingerprint density at radius 2 is 1.42 bits per heavy atom. The van der Waals surface area contributed by atoms with E-state index in [-0.39, 0.29) is 11.4 Å². The molecule has 0 aliphatic heterocycles. The Balaban J connectivity index is 1.95. The zero-order valence-corrected chi connectivity index (χ0v) is 14.9. The maximum atomic E-state index is 14.1. The van der Waals surface area contributed by atoms with Crippen LogP contribution in [0.25, 0.3) is 0 Å². The fourth-order valence-corrected chi connectivity index (χ4v) is 2.58. The summed E-state index contributed by atoms with van der Waals surface area (Å²) < 4.78 is 41.0. The highest BCUT2D eigenvalue weighted by molar-refractivity contribution is 5.83. The van der Waals surface area contributed by atoms with Crippen molar-refractivity contribution in [3.63, 3.8) is 0 Å². The quantitative estimate of drug-likeness (QED) is 0.295. The first kappa shape index (κ1) is 19.9. The molecule has 0 unspecified atom stereocenters. The molecule has 0 aromatic heterocycles. The minimum atomic E-state index is -0.644. The summed E-state index contributed by atoms with van der Waals surface area (Å²) in [5, 5.41) is 7.42. The Hall–Kier alpha value is -2.43. The van der Waals surface area contributed by atoms with Crippen molar-refractivity contribution in [2.75, 3.05) is 0 Å². The molecule has 0 atom stereocenters. The van der Waals surface area contributed by atoms with E-state index in [0.717, 1.165) is 25.5 Å². The topological polar surface area (TPSA) is 24.7 Å². The average Bonchev–Trinajstić information content (AvgIpc) is 2.62. The fourth-order valence-electron chi connectivity index (χ4n) is 2.58. The van der Waals surface area contributed by atoms with E-state index in [4.69, 9.17) is 0 Å². The van der Waals surface area contributed by atoms with Crippen molar-refractivity contribution in [2.24, 2.45) is 10.2 Å². The van der Waals surface area contributed by atoms with Crippen LogP contribution in [-0.4, -0.2) is 12.4 Å². The minimum Gasteiger partial charge on any atom is -0.207 e. The van der Waals surface area contributed by atoms with Crippen LogP contribution in [0.15, 0.2) is 46.6 Å². The van der Waals surface area contributed by atoms with E-state index in [1.807, 2.05) is 0 Å². The molecule has 0 amide bonds. The molecule has 0 aliphatic carbocycles. The fraction of sp³-hybridized carbons (Fsp3) is 0.333. The Morgan fingerprint density at radius 3 is 2.08 bits per heavy atom. The Morgan fingerprint density at radius 1 is 0.808 bits per heavy atom. The molecule has 2 nitrogen and oxygen atoms in total. The van der Waals surface area contributed by atoms with Gasteiger partial charge in [0.15, 0.2) is 0 Å². The number of halogens is 3. The lowest BCUT2D eigenvalue weighted by atomic mass is 10.0. The van der Waals surface area contributed by atoms with Crippen molar-refractivity contribution in [3.05, 3.63) is 70.5 Å². The molecule has 26 heavy (non-hydrogen) atoms. The van der Waals surface area contributed by atoms with E-state index >= 15 is 0 Å². The molecule has 0 radical (unpaired) electrons. The van der Waals surface area contributed by atoms with Crippen LogP contribution >= 0.6 is 0 Å². The van der Waals surface area contributed by atoms with Gasteiger partial charge in [-0.1, -0.05) is 44.7 Å². The van der Waals surface area contributed by atoms with Crippen molar-refractivity contribution in [1.82, 2.24) is 0 Å². The van der Waals surface area contributed by atoms with Crippen LogP contribution in [0.2, 0.25) is 0 Å². The van der Waals surface area contributed by atoms with E-state index < -0.39 is 11.6 Å². The van der Waals surface area contributed by atoms with Gasteiger partial charge in [0, 0.05) is 0 Å². The highest BCUT2D eigenvalue weighted by atomic mass is 19.1. The van der Waals surface area contributed by atoms with Crippen LogP contribution in [-0.2, 0) is 6.42 Å². The van der Waals surface area contributed by atoms with Gasteiger partial charge in [-0.15, -0.1) is 0 Å². The predicted molar refractivity (Wildman–Crippen MR) is 100 cm³/mol. The van der Waals surface area contributed by atoms with Crippen LogP contribution in [0, 0.1) is 17.5 Å². The standard InChI is InChI=1S/C21H23F3N2/c1-2-3-4-5-6-7-17-12-20(23)19(21(24)13-17)15-26-25-14-16-8-10-18(22)11-9-16/h8-15H,2-7H2,1H3/b25-14+,26-15+. The van der Waals surface area contributed by atoms with Crippen LogP contribution in [0.3, 0.4) is 0 Å². The first-order chi connectivity index (χ1) is 12.6. The molecule has 0 heterocycles. The third-order valence-electron chi connectivity index (χ3n) is 4.04. The van der Waals surface area contributed by atoms with E-state index in [0.29, 0.717) is 17.5 Å². The van der Waals surface area contributed by atoms with Gasteiger partial charge in [0.05, 0.1) is 18.0 Å². The van der Waals surface area contributed by atoms with Gasteiger partial charge in [0.1, 0.15) is 17.5 Å². The number of benzene rings is 2. The highest BCUT2D eigenvalue weighted by Crippen LogP contribution is 2.16. The lowest BCUT2D eigenvalue weighted by Crippen LogP contribution is -1.98. The molecule has 138 valence electrons. The van der Waals surface area contributed by atoms with Gasteiger partial charge in [-0.25, -0.2) is 13.2 Å². The summed E-state index contributed by atoms with van der Waals surface area (Å²) in [4.78, 5) is 0. The smallest absolute Gasteiger partial charge is 0.135 e. The summed E-state index contributed by atoms with van der Waals surface area (Å²) >= 11 is 0. The summed E-state index contributed by atoms with van der Waals surface area (Å²) in [5.74, 6) is -1.64. The van der Waals surface area contributed by atoms with E-state index in [1.165, 1.54) is 55.5 Å². The van der Waals surface area contributed by atoms with Gasteiger partial charge in [0.25, 0.3) is 0 Å². The summed E-state index contributed by atoms with van der Waals surface area (Å²) in [5.41, 5.74) is 1.09. The van der Waals surface area contributed by atoms with Crippen molar-refractivity contribution in [3.8, 4) is 0 Å². The number of aryl methyl sites for hydroxylation is 1. The van der Waals surface area contributed by atoms with Gasteiger partial charge in [-0.3, -0.25) is 0 Å². The van der Waals surface area contributed by atoms with Crippen molar-refractivity contribution >= 4 is 12.4 Å². The number of nitrogens with zero attached hydrogens (tertiary/aromatic N) is 2. The van der Waals surface area contributed by atoms with Gasteiger partial charge in [-0.2, -0.15) is 10.2 Å². The predicted octanol–water partition coefficient (Wildman–Crippen LogP) is 6.07. The van der Waals surface area contributed by atoms with Crippen LogP contribution in [0.5, 0.6) is 0 Å². The average molecular weight is 360 g/mol. The zero-order chi connectivity index (χ0) is 18.8. The van der Waals surface area contributed by atoms with Gasteiger partial charge in [0.2, 0.25) is 0 Å². The second kappa shape index (κ2) is 10.5. The summed E-state index contributed by atoms with van der Waals surface area (Å²) in [6.45, 7) is 2.15. The monoisotopic (exact) mass is 360 g/mol. The lowest BCUT2D eigenvalue weighted by Gasteiger charge is -2.05.